The summed E-state index contributed by atoms with van der Waals surface area (Å²) in [5.41, 5.74) is 2.74. The maximum Gasteiger partial charge on any atom is 0.414 e. The standard InChI is InChI=1S/C24H29F3N4O2.2ClH/c1-23(2)17-7-5-4-6-14(17)10-20(23)30-15-8-9-18(28-12-15)21(24(25,26)27)31(3)22(33)19-11-16(32)13-29-19;;/h4-9,12,16,19-21,29-30,32H,10-11,13H2,1-3H3;2*1H/t16-,19+,20+,21?;;/m1../s1. The van der Waals surface area contributed by atoms with Gasteiger partial charge in [-0.15, -0.1) is 24.8 Å². The number of aliphatic hydroxyl groups is 1. The minimum absolute atomic E-state index is 0. The summed E-state index contributed by atoms with van der Waals surface area (Å²) in [4.78, 5) is 17.4. The second kappa shape index (κ2) is 10.9. The number of fused-ring (bicyclic) bond motifs is 1. The summed E-state index contributed by atoms with van der Waals surface area (Å²) >= 11 is 0. The molecule has 1 saturated heterocycles. The summed E-state index contributed by atoms with van der Waals surface area (Å²) in [7, 11) is 1.12. The van der Waals surface area contributed by atoms with Crippen molar-refractivity contribution in [3.63, 3.8) is 0 Å². The van der Waals surface area contributed by atoms with Crippen LogP contribution in [-0.4, -0.2) is 58.9 Å². The molecule has 1 aliphatic heterocycles. The number of nitrogens with zero attached hydrogens (tertiary/aromatic N) is 2. The SMILES string of the molecule is CN(C(=O)[C@@H]1C[C@@H](O)CN1)C(c1ccc(N[C@H]2Cc3ccccc3C2(C)C)cn1)C(F)(F)F.Cl.Cl. The molecule has 1 aromatic heterocycles. The summed E-state index contributed by atoms with van der Waals surface area (Å²) in [6.45, 7) is 4.47. The minimum atomic E-state index is -4.70. The molecule has 0 bridgehead atoms. The monoisotopic (exact) mass is 534 g/mol. The number of carbonyl (C=O) groups excluding carboxylic acids is 1. The second-order valence-electron chi connectivity index (χ2n) is 9.50. The van der Waals surface area contributed by atoms with Crippen molar-refractivity contribution in [3.8, 4) is 0 Å². The first-order valence-corrected chi connectivity index (χ1v) is 11.0. The van der Waals surface area contributed by atoms with E-state index in [0.29, 0.717) is 10.6 Å². The number of aliphatic hydroxyl groups excluding tert-OH is 1. The number of benzene rings is 1. The van der Waals surface area contributed by atoms with Crippen LogP contribution in [0.15, 0.2) is 42.6 Å². The first kappa shape index (κ1) is 29.2. The highest BCUT2D eigenvalue weighted by molar-refractivity contribution is 5.85. The van der Waals surface area contributed by atoms with E-state index in [4.69, 9.17) is 0 Å². The molecule has 1 aliphatic carbocycles. The number of aromatic nitrogens is 1. The van der Waals surface area contributed by atoms with Crippen LogP contribution in [0.25, 0.3) is 0 Å². The number of β-amino-alcohol motifs (C(OH)–C–C–N with tert-alkyl or cyclic N) is 1. The molecule has 4 rings (SSSR count). The Kier molecular flexibility index (Phi) is 9.08. The number of likely N-dealkylation sites (N-methyl/N-ethyl adjacent to an activating group) is 1. The van der Waals surface area contributed by atoms with E-state index in [1.807, 2.05) is 12.1 Å². The lowest BCUT2D eigenvalue weighted by Gasteiger charge is -2.32. The van der Waals surface area contributed by atoms with Crippen LogP contribution in [0, 0.1) is 0 Å². The predicted octanol–water partition coefficient (Wildman–Crippen LogP) is 4.02. The molecule has 35 heavy (non-hydrogen) atoms. The smallest absolute Gasteiger partial charge is 0.392 e. The molecule has 2 heterocycles. The van der Waals surface area contributed by atoms with Crippen LogP contribution >= 0.6 is 24.8 Å². The molecule has 0 spiro atoms. The van der Waals surface area contributed by atoms with Gasteiger partial charge in [-0.3, -0.25) is 9.78 Å². The average molecular weight is 535 g/mol. The Balaban J connectivity index is 0.00000216. The van der Waals surface area contributed by atoms with Gasteiger partial charge in [0.25, 0.3) is 0 Å². The van der Waals surface area contributed by atoms with Gasteiger partial charge in [0.05, 0.1) is 29.7 Å². The molecule has 4 atom stereocenters. The normalized spacial score (nSPS) is 23.5. The maximum atomic E-state index is 13.9. The maximum absolute atomic E-state index is 13.9. The number of halogens is 5. The van der Waals surface area contributed by atoms with Crippen molar-refractivity contribution in [1.29, 1.82) is 0 Å². The molecule has 2 aliphatic rings. The molecule has 2 aromatic rings. The van der Waals surface area contributed by atoms with E-state index in [-0.39, 0.29) is 54.9 Å². The fraction of sp³-hybridized carbons (Fsp3) is 0.500. The van der Waals surface area contributed by atoms with Crippen LogP contribution in [0.3, 0.4) is 0 Å². The van der Waals surface area contributed by atoms with E-state index in [1.165, 1.54) is 23.4 Å². The summed E-state index contributed by atoms with van der Waals surface area (Å²) in [6, 6.07) is 8.17. The van der Waals surface area contributed by atoms with Crippen molar-refractivity contribution in [2.75, 3.05) is 18.9 Å². The molecule has 6 nitrogen and oxygen atoms in total. The van der Waals surface area contributed by atoms with Crippen molar-refractivity contribution < 1.29 is 23.1 Å². The zero-order chi connectivity index (χ0) is 24.0. The third-order valence-electron chi connectivity index (χ3n) is 6.86. The minimum Gasteiger partial charge on any atom is -0.392 e. The van der Waals surface area contributed by atoms with Crippen LogP contribution in [0.1, 0.15) is 43.1 Å². The zero-order valence-electron chi connectivity index (χ0n) is 19.7. The topological polar surface area (TPSA) is 77.5 Å². The lowest BCUT2D eigenvalue weighted by molar-refractivity contribution is -0.190. The van der Waals surface area contributed by atoms with Crippen LogP contribution < -0.4 is 10.6 Å². The Labute approximate surface area is 215 Å². The highest BCUT2D eigenvalue weighted by Gasteiger charge is 2.48. The number of nitrogens with one attached hydrogen (secondary N) is 2. The number of hydrogen-bond acceptors (Lipinski definition) is 5. The number of rotatable bonds is 5. The predicted molar refractivity (Wildman–Crippen MR) is 133 cm³/mol. The number of amides is 1. The van der Waals surface area contributed by atoms with E-state index < -0.39 is 30.3 Å². The summed E-state index contributed by atoms with van der Waals surface area (Å²) in [5, 5.41) is 15.8. The van der Waals surface area contributed by atoms with Crippen molar-refractivity contribution in [2.45, 2.75) is 62.5 Å². The molecule has 11 heteroatoms. The number of pyridine rings is 1. The van der Waals surface area contributed by atoms with Gasteiger partial charge in [-0.25, -0.2) is 0 Å². The molecular weight excluding hydrogens is 504 g/mol. The van der Waals surface area contributed by atoms with Gasteiger partial charge >= 0.3 is 6.18 Å². The van der Waals surface area contributed by atoms with E-state index in [2.05, 4.69) is 41.6 Å². The summed E-state index contributed by atoms with van der Waals surface area (Å²) in [5.74, 6) is -0.719. The molecule has 1 unspecified atom stereocenters. The molecular formula is C24H31Cl2F3N4O2. The fourth-order valence-corrected chi connectivity index (χ4v) is 4.94. The van der Waals surface area contributed by atoms with Crippen molar-refractivity contribution in [3.05, 3.63) is 59.4 Å². The average Bonchev–Trinajstić information content (AvgIpc) is 3.29. The quantitative estimate of drug-likeness (QED) is 0.540. The fourth-order valence-electron chi connectivity index (χ4n) is 4.94. The Hall–Kier alpha value is -2.07. The van der Waals surface area contributed by atoms with Crippen LogP contribution in [-0.2, 0) is 16.6 Å². The van der Waals surface area contributed by atoms with Gasteiger partial charge in [0, 0.05) is 25.0 Å². The Morgan fingerprint density at radius 1 is 1.23 bits per heavy atom. The van der Waals surface area contributed by atoms with Gasteiger partial charge in [0.15, 0.2) is 6.04 Å². The zero-order valence-corrected chi connectivity index (χ0v) is 21.3. The van der Waals surface area contributed by atoms with Gasteiger partial charge in [-0.1, -0.05) is 38.1 Å². The van der Waals surface area contributed by atoms with Gasteiger partial charge in [-0.05, 0) is 36.1 Å². The van der Waals surface area contributed by atoms with Crippen LogP contribution in [0.2, 0.25) is 0 Å². The van der Waals surface area contributed by atoms with Crippen molar-refractivity contribution in [1.82, 2.24) is 15.2 Å². The highest BCUT2D eigenvalue weighted by Crippen LogP contribution is 2.40. The van der Waals surface area contributed by atoms with E-state index in [1.54, 1.807) is 6.07 Å². The van der Waals surface area contributed by atoms with Gasteiger partial charge in [-0.2, -0.15) is 13.2 Å². The van der Waals surface area contributed by atoms with E-state index in [0.717, 1.165) is 13.5 Å². The molecule has 1 amide bonds. The van der Waals surface area contributed by atoms with Crippen molar-refractivity contribution >= 4 is 36.4 Å². The van der Waals surface area contributed by atoms with E-state index >= 15 is 0 Å². The van der Waals surface area contributed by atoms with Crippen LogP contribution in [0.5, 0.6) is 0 Å². The molecule has 1 aromatic carbocycles. The number of carbonyl (C=O) groups is 1. The van der Waals surface area contributed by atoms with Gasteiger partial charge in [0.1, 0.15) is 0 Å². The number of anilines is 1. The molecule has 194 valence electrons. The third-order valence-corrected chi connectivity index (χ3v) is 6.86. The Morgan fingerprint density at radius 3 is 2.46 bits per heavy atom. The van der Waals surface area contributed by atoms with E-state index in [9.17, 15) is 23.1 Å². The molecule has 1 fully saturated rings. The highest BCUT2D eigenvalue weighted by atomic mass is 35.5. The van der Waals surface area contributed by atoms with Crippen LogP contribution in [0.4, 0.5) is 18.9 Å². The number of alkyl halides is 3. The molecule has 3 N–H and O–H groups in total. The Bertz CT molecular complexity index is 1020. The number of hydrogen-bond donors (Lipinski definition) is 3. The largest absolute Gasteiger partial charge is 0.414 e. The second-order valence-corrected chi connectivity index (χ2v) is 9.50. The summed E-state index contributed by atoms with van der Waals surface area (Å²) < 4.78 is 41.8. The van der Waals surface area contributed by atoms with Crippen molar-refractivity contribution in [2.24, 2.45) is 0 Å². The molecule has 0 radical (unpaired) electrons. The lowest BCUT2D eigenvalue weighted by atomic mass is 9.83. The summed E-state index contributed by atoms with van der Waals surface area (Å²) in [6.07, 6.45) is -3.15. The third kappa shape index (κ3) is 5.85. The van der Waals surface area contributed by atoms with Gasteiger partial charge < -0.3 is 20.6 Å². The first-order chi connectivity index (χ1) is 15.5. The lowest BCUT2D eigenvalue weighted by Crippen LogP contribution is -2.47. The first-order valence-electron chi connectivity index (χ1n) is 11.0. The Morgan fingerprint density at radius 2 is 1.91 bits per heavy atom. The molecule has 0 saturated carbocycles. The van der Waals surface area contributed by atoms with Gasteiger partial charge in [0.2, 0.25) is 5.91 Å².